The van der Waals surface area contributed by atoms with Crippen molar-refractivity contribution in [2.45, 2.75) is 39.4 Å². The number of rotatable bonds is 5. The lowest BCUT2D eigenvalue weighted by Gasteiger charge is -2.22. The summed E-state index contributed by atoms with van der Waals surface area (Å²) >= 11 is 0. The Kier molecular flexibility index (Phi) is 6.11. The molecule has 1 heterocycles. The van der Waals surface area contributed by atoms with Gasteiger partial charge in [-0.2, -0.15) is 0 Å². The lowest BCUT2D eigenvalue weighted by atomic mass is 10.2. The first-order valence-electron chi connectivity index (χ1n) is 5.79. The van der Waals surface area contributed by atoms with Gasteiger partial charge in [0.1, 0.15) is 0 Å². The topological polar surface area (TPSA) is 44.8 Å². The molecule has 1 saturated heterocycles. The third kappa shape index (κ3) is 5.28. The zero-order chi connectivity index (χ0) is 11.8. The second kappa shape index (κ2) is 7.41. The number of hydrogen-bond acceptors (Lipinski definition) is 4. The van der Waals surface area contributed by atoms with E-state index in [0.717, 1.165) is 31.4 Å². The molecule has 4 nitrogen and oxygen atoms in total. The fraction of sp³-hybridized carbons (Fsp3) is 0.750. The monoisotopic (exact) mass is 228 g/mol. The van der Waals surface area contributed by atoms with Crippen LogP contribution >= 0.6 is 0 Å². The van der Waals surface area contributed by atoms with Gasteiger partial charge in [0.15, 0.2) is 6.29 Å². The molecule has 1 aliphatic rings. The number of carbonyl (C=O) groups is 1. The van der Waals surface area contributed by atoms with Gasteiger partial charge in [-0.25, -0.2) is 4.79 Å². The van der Waals surface area contributed by atoms with E-state index < -0.39 is 0 Å². The molecule has 92 valence electrons. The lowest BCUT2D eigenvalue weighted by Crippen LogP contribution is -2.23. The van der Waals surface area contributed by atoms with Crippen LogP contribution in [-0.4, -0.2) is 32.1 Å². The Balaban J connectivity index is 2.22. The van der Waals surface area contributed by atoms with Crippen LogP contribution in [0.25, 0.3) is 0 Å². The molecule has 1 atom stereocenters. The van der Waals surface area contributed by atoms with E-state index in [-0.39, 0.29) is 12.3 Å². The molecule has 0 spiro atoms. The SMILES string of the molecule is CCOC(=O)/C=C(\C)COC1CCCCO1. The quantitative estimate of drug-likeness (QED) is 0.533. The standard InChI is InChI=1S/C12H20O4/c1-3-14-11(13)8-10(2)9-16-12-6-4-5-7-15-12/h8,12H,3-7,9H2,1-2H3/b10-8+. The fourth-order valence-corrected chi connectivity index (χ4v) is 1.49. The molecule has 0 amide bonds. The maximum atomic E-state index is 11.1. The van der Waals surface area contributed by atoms with Crippen LogP contribution in [0.3, 0.4) is 0 Å². The summed E-state index contributed by atoms with van der Waals surface area (Å²) in [7, 11) is 0. The van der Waals surface area contributed by atoms with Crippen LogP contribution in [0.15, 0.2) is 11.6 Å². The normalized spacial score (nSPS) is 21.9. The van der Waals surface area contributed by atoms with Gasteiger partial charge in [-0.1, -0.05) is 0 Å². The van der Waals surface area contributed by atoms with Gasteiger partial charge in [0.05, 0.1) is 13.2 Å². The average molecular weight is 228 g/mol. The van der Waals surface area contributed by atoms with Crippen molar-refractivity contribution in [3.63, 3.8) is 0 Å². The first-order valence-corrected chi connectivity index (χ1v) is 5.79. The predicted octanol–water partition coefficient (Wildman–Crippen LogP) is 2.04. The minimum Gasteiger partial charge on any atom is -0.463 e. The van der Waals surface area contributed by atoms with Gasteiger partial charge in [0.2, 0.25) is 0 Å². The molecule has 0 bridgehead atoms. The highest BCUT2D eigenvalue weighted by atomic mass is 16.7. The summed E-state index contributed by atoms with van der Waals surface area (Å²) in [6.07, 6.45) is 4.54. The second-order valence-corrected chi connectivity index (χ2v) is 3.85. The lowest BCUT2D eigenvalue weighted by molar-refractivity contribution is -0.157. The largest absolute Gasteiger partial charge is 0.463 e. The molecule has 0 aromatic carbocycles. The number of ether oxygens (including phenoxy) is 3. The number of esters is 1. The minimum absolute atomic E-state index is 0.112. The van der Waals surface area contributed by atoms with Gasteiger partial charge in [0.25, 0.3) is 0 Å². The summed E-state index contributed by atoms with van der Waals surface area (Å²) in [5, 5.41) is 0. The fourth-order valence-electron chi connectivity index (χ4n) is 1.49. The smallest absolute Gasteiger partial charge is 0.330 e. The van der Waals surface area contributed by atoms with Crippen LogP contribution in [0.2, 0.25) is 0 Å². The predicted molar refractivity (Wildman–Crippen MR) is 59.9 cm³/mol. The zero-order valence-corrected chi connectivity index (χ0v) is 10.0. The molecule has 1 aliphatic heterocycles. The van der Waals surface area contributed by atoms with Crippen LogP contribution in [-0.2, 0) is 19.0 Å². The molecule has 0 aliphatic carbocycles. The highest BCUT2D eigenvalue weighted by molar-refractivity contribution is 5.82. The van der Waals surface area contributed by atoms with Gasteiger partial charge < -0.3 is 14.2 Å². The van der Waals surface area contributed by atoms with Crippen LogP contribution in [0, 0.1) is 0 Å². The molecule has 0 saturated carbocycles. The van der Waals surface area contributed by atoms with Crippen molar-refractivity contribution in [1.29, 1.82) is 0 Å². The van der Waals surface area contributed by atoms with Gasteiger partial charge in [-0.05, 0) is 38.7 Å². The van der Waals surface area contributed by atoms with Crippen molar-refractivity contribution in [3.05, 3.63) is 11.6 Å². The van der Waals surface area contributed by atoms with Gasteiger partial charge in [-0.3, -0.25) is 0 Å². The summed E-state index contributed by atoms with van der Waals surface area (Å²) in [6.45, 7) is 5.22. The van der Waals surface area contributed by atoms with Crippen LogP contribution in [0.1, 0.15) is 33.1 Å². The Morgan fingerprint density at radius 3 is 2.94 bits per heavy atom. The van der Waals surface area contributed by atoms with E-state index >= 15 is 0 Å². The Labute approximate surface area is 96.6 Å². The van der Waals surface area contributed by atoms with E-state index in [4.69, 9.17) is 14.2 Å². The van der Waals surface area contributed by atoms with Crippen molar-refractivity contribution in [2.75, 3.05) is 19.8 Å². The maximum absolute atomic E-state index is 11.1. The summed E-state index contributed by atoms with van der Waals surface area (Å²) in [6, 6.07) is 0. The molecule has 0 aromatic heterocycles. The molecular weight excluding hydrogens is 208 g/mol. The molecule has 0 radical (unpaired) electrons. The molecule has 1 rings (SSSR count). The second-order valence-electron chi connectivity index (χ2n) is 3.85. The third-order valence-corrected chi connectivity index (χ3v) is 2.29. The zero-order valence-electron chi connectivity index (χ0n) is 10.0. The maximum Gasteiger partial charge on any atom is 0.330 e. The Morgan fingerprint density at radius 1 is 1.50 bits per heavy atom. The van der Waals surface area contributed by atoms with E-state index in [2.05, 4.69) is 0 Å². The minimum atomic E-state index is -0.312. The van der Waals surface area contributed by atoms with Gasteiger partial charge in [0, 0.05) is 12.7 Å². The van der Waals surface area contributed by atoms with E-state index in [9.17, 15) is 4.79 Å². The van der Waals surface area contributed by atoms with Crippen molar-refractivity contribution in [2.24, 2.45) is 0 Å². The van der Waals surface area contributed by atoms with Crippen molar-refractivity contribution >= 4 is 5.97 Å². The van der Waals surface area contributed by atoms with Crippen molar-refractivity contribution in [1.82, 2.24) is 0 Å². The van der Waals surface area contributed by atoms with Crippen LogP contribution < -0.4 is 0 Å². The van der Waals surface area contributed by atoms with E-state index in [1.165, 1.54) is 6.08 Å². The molecule has 0 aromatic rings. The highest BCUT2D eigenvalue weighted by Crippen LogP contribution is 2.14. The first-order chi connectivity index (χ1) is 7.72. The van der Waals surface area contributed by atoms with Crippen LogP contribution in [0.4, 0.5) is 0 Å². The summed E-state index contributed by atoms with van der Waals surface area (Å²) in [5.41, 5.74) is 0.854. The van der Waals surface area contributed by atoms with E-state index in [0.29, 0.717) is 13.2 Å². The van der Waals surface area contributed by atoms with E-state index in [1.54, 1.807) is 6.92 Å². The first kappa shape index (κ1) is 13.2. The van der Waals surface area contributed by atoms with Crippen molar-refractivity contribution < 1.29 is 19.0 Å². The summed E-state index contributed by atoms with van der Waals surface area (Å²) < 4.78 is 15.7. The molecule has 16 heavy (non-hydrogen) atoms. The van der Waals surface area contributed by atoms with Gasteiger partial charge in [-0.15, -0.1) is 0 Å². The Bertz CT molecular complexity index is 241. The molecular formula is C12H20O4. The highest BCUT2D eigenvalue weighted by Gasteiger charge is 2.13. The van der Waals surface area contributed by atoms with Crippen molar-refractivity contribution in [3.8, 4) is 0 Å². The third-order valence-electron chi connectivity index (χ3n) is 2.29. The van der Waals surface area contributed by atoms with Crippen LogP contribution in [0.5, 0.6) is 0 Å². The molecule has 1 unspecified atom stereocenters. The van der Waals surface area contributed by atoms with E-state index in [1.807, 2.05) is 6.92 Å². The Hall–Kier alpha value is -0.870. The summed E-state index contributed by atoms with van der Waals surface area (Å²) in [4.78, 5) is 11.1. The van der Waals surface area contributed by atoms with Gasteiger partial charge >= 0.3 is 5.97 Å². The number of hydrogen-bond donors (Lipinski definition) is 0. The molecule has 0 N–H and O–H groups in total. The summed E-state index contributed by atoms with van der Waals surface area (Å²) in [5.74, 6) is -0.312. The Morgan fingerprint density at radius 2 is 2.31 bits per heavy atom. The average Bonchev–Trinajstić information content (AvgIpc) is 2.28. The number of carbonyl (C=O) groups excluding carboxylic acids is 1. The molecule has 4 heteroatoms. The molecule has 1 fully saturated rings.